The number of carbonyl (C=O) groups is 1. The molecule has 2 aromatic carbocycles. The van der Waals surface area contributed by atoms with Crippen LogP contribution in [0, 0.1) is 0 Å². The lowest BCUT2D eigenvalue weighted by molar-refractivity contribution is 0.102. The highest BCUT2D eigenvalue weighted by atomic mass is 16.5. The molecule has 0 radical (unpaired) electrons. The number of hydrogen-bond donors (Lipinski definition) is 1. The SMILES string of the molecule is CC(C)c1ccccc1NC(=O)c1cccc2c1OC(C)C2C. The smallest absolute Gasteiger partial charge is 0.259 e. The van der Waals surface area contributed by atoms with Crippen molar-refractivity contribution < 1.29 is 9.53 Å². The molecule has 23 heavy (non-hydrogen) atoms. The zero-order chi connectivity index (χ0) is 16.6. The van der Waals surface area contributed by atoms with Crippen molar-refractivity contribution in [2.75, 3.05) is 5.32 Å². The topological polar surface area (TPSA) is 38.3 Å². The number of rotatable bonds is 3. The molecule has 2 aromatic rings. The van der Waals surface area contributed by atoms with E-state index in [4.69, 9.17) is 4.74 Å². The van der Waals surface area contributed by atoms with Gasteiger partial charge in [0.25, 0.3) is 5.91 Å². The molecule has 2 unspecified atom stereocenters. The molecule has 0 fully saturated rings. The first-order valence-corrected chi connectivity index (χ1v) is 8.19. The Hall–Kier alpha value is -2.29. The van der Waals surface area contributed by atoms with E-state index in [0.717, 1.165) is 22.6 Å². The van der Waals surface area contributed by atoms with E-state index in [1.54, 1.807) is 0 Å². The normalized spacial score (nSPS) is 19.3. The van der Waals surface area contributed by atoms with Crippen LogP contribution in [0.1, 0.15) is 61.0 Å². The summed E-state index contributed by atoms with van der Waals surface area (Å²) in [5, 5.41) is 3.05. The van der Waals surface area contributed by atoms with Crippen LogP contribution in [0.5, 0.6) is 5.75 Å². The molecule has 3 nitrogen and oxygen atoms in total. The van der Waals surface area contributed by atoms with Gasteiger partial charge in [-0.05, 0) is 30.5 Å². The lowest BCUT2D eigenvalue weighted by Gasteiger charge is -2.15. The number of hydrogen-bond acceptors (Lipinski definition) is 2. The average Bonchev–Trinajstić information content (AvgIpc) is 2.82. The van der Waals surface area contributed by atoms with E-state index < -0.39 is 0 Å². The van der Waals surface area contributed by atoms with Crippen molar-refractivity contribution in [2.45, 2.75) is 45.6 Å². The lowest BCUT2D eigenvalue weighted by Crippen LogP contribution is -2.15. The molecule has 0 aromatic heterocycles. The van der Waals surface area contributed by atoms with Gasteiger partial charge < -0.3 is 10.1 Å². The van der Waals surface area contributed by atoms with E-state index in [2.05, 4.69) is 32.2 Å². The molecule has 0 saturated heterocycles. The number of nitrogens with one attached hydrogen (secondary N) is 1. The van der Waals surface area contributed by atoms with Crippen LogP contribution in [0.3, 0.4) is 0 Å². The molecule has 120 valence electrons. The van der Waals surface area contributed by atoms with E-state index in [9.17, 15) is 4.79 Å². The predicted octanol–water partition coefficient (Wildman–Crippen LogP) is 4.95. The molecule has 0 aliphatic carbocycles. The van der Waals surface area contributed by atoms with Crippen molar-refractivity contribution in [1.82, 2.24) is 0 Å². The Morgan fingerprint density at radius 3 is 2.57 bits per heavy atom. The molecule has 2 atom stereocenters. The third-order valence-corrected chi connectivity index (χ3v) is 4.62. The zero-order valence-electron chi connectivity index (χ0n) is 14.1. The first-order chi connectivity index (χ1) is 11.0. The van der Waals surface area contributed by atoms with Gasteiger partial charge in [-0.1, -0.05) is 51.1 Å². The first kappa shape index (κ1) is 15.6. The highest BCUT2D eigenvalue weighted by molar-refractivity contribution is 6.07. The van der Waals surface area contributed by atoms with Crippen LogP contribution in [-0.2, 0) is 0 Å². The lowest BCUT2D eigenvalue weighted by atomic mass is 9.96. The first-order valence-electron chi connectivity index (χ1n) is 8.19. The van der Waals surface area contributed by atoms with Crippen molar-refractivity contribution in [3.05, 3.63) is 59.2 Å². The Kier molecular flexibility index (Phi) is 4.12. The van der Waals surface area contributed by atoms with E-state index in [0.29, 0.717) is 17.4 Å². The maximum absolute atomic E-state index is 12.8. The summed E-state index contributed by atoms with van der Waals surface area (Å²) in [4.78, 5) is 12.8. The molecule has 1 heterocycles. The fourth-order valence-corrected chi connectivity index (χ4v) is 3.07. The van der Waals surface area contributed by atoms with Crippen molar-refractivity contribution in [3.8, 4) is 5.75 Å². The number of amides is 1. The number of benzene rings is 2. The predicted molar refractivity (Wildman–Crippen MR) is 93.4 cm³/mol. The molecule has 3 rings (SSSR count). The van der Waals surface area contributed by atoms with Crippen LogP contribution < -0.4 is 10.1 Å². The minimum Gasteiger partial charge on any atom is -0.489 e. The summed E-state index contributed by atoms with van der Waals surface area (Å²) in [5.41, 5.74) is 3.72. The van der Waals surface area contributed by atoms with Gasteiger partial charge in [0.05, 0.1) is 5.56 Å². The minimum absolute atomic E-state index is 0.0990. The highest BCUT2D eigenvalue weighted by Gasteiger charge is 2.31. The summed E-state index contributed by atoms with van der Waals surface area (Å²) in [6.07, 6.45) is 0.0990. The number of carbonyl (C=O) groups excluding carboxylic acids is 1. The number of para-hydroxylation sites is 2. The van der Waals surface area contributed by atoms with Gasteiger partial charge >= 0.3 is 0 Å². The second-order valence-electron chi connectivity index (χ2n) is 6.53. The molecule has 3 heteroatoms. The monoisotopic (exact) mass is 309 g/mol. The van der Waals surface area contributed by atoms with Gasteiger partial charge in [0.1, 0.15) is 11.9 Å². The van der Waals surface area contributed by atoms with E-state index in [1.165, 1.54) is 0 Å². The van der Waals surface area contributed by atoms with Crippen molar-refractivity contribution in [2.24, 2.45) is 0 Å². The molecule has 0 saturated carbocycles. The summed E-state index contributed by atoms with van der Waals surface area (Å²) >= 11 is 0. The average molecular weight is 309 g/mol. The van der Waals surface area contributed by atoms with Gasteiger partial charge in [-0.15, -0.1) is 0 Å². The van der Waals surface area contributed by atoms with Crippen LogP contribution in [-0.4, -0.2) is 12.0 Å². The third-order valence-electron chi connectivity index (χ3n) is 4.62. The molecular weight excluding hydrogens is 286 g/mol. The summed E-state index contributed by atoms with van der Waals surface area (Å²) in [5.74, 6) is 1.27. The number of ether oxygens (including phenoxy) is 1. The molecule has 1 N–H and O–H groups in total. The van der Waals surface area contributed by atoms with Crippen molar-refractivity contribution in [1.29, 1.82) is 0 Å². The van der Waals surface area contributed by atoms with Crippen LogP contribution in [0.4, 0.5) is 5.69 Å². The zero-order valence-corrected chi connectivity index (χ0v) is 14.1. The van der Waals surface area contributed by atoms with Crippen LogP contribution >= 0.6 is 0 Å². The Bertz CT molecular complexity index is 736. The largest absolute Gasteiger partial charge is 0.489 e. The standard InChI is InChI=1S/C20H23NO2/c1-12(2)15-8-5-6-11-18(15)21-20(22)17-10-7-9-16-13(3)14(4)23-19(16)17/h5-14H,1-4H3,(H,21,22). The summed E-state index contributed by atoms with van der Waals surface area (Å²) < 4.78 is 5.93. The molecule has 1 amide bonds. The van der Waals surface area contributed by atoms with Gasteiger partial charge in [0, 0.05) is 17.2 Å². The van der Waals surface area contributed by atoms with E-state index >= 15 is 0 Å². The van der Waals surface area contributed by atoms with Gasteiger partial charge in [0.2, 0.25) is 0 Å². The highest BCUT2D eigenvalue weighted by Crippen LogP contribution is 2.40. The molecule has 0 bridgehead atoms. The summed E-state index contributed by atoms with van der Waals surface area (Å²) in [7, 11) is 0. The Morgan fingerprint density at radius 1 is 1.09 bits per heavy atom. The van der Waals surface area contributed by atoms with Gasteiger partial charge in [-0.3, -0.25) is 4.79 Å². The Balaban J connectivity index is 1.92. The second kappa shape index (κ2) is 6.07. The van der Waals surface area contributed by atoms with Gasteiger partial charge in [-0.25, -0.2) is 0 Å². The van der Waals surface area contributed by atoms with E-state index in [1.807, 2.05) is 43.3 Å². The van der Waals surface area contributed by atoms with Crippen molar-refractivity contribution in [3.63, 3.8) is 0 Å². The Labute approximate surface area is 137 Å². The molecule has 0 spiro atoms. The fraction of sp³-hybridized carbons (Fsp3) is 0.350. The minimum atomic E-state index is -0.115. The Morgan fingerprint density at radius 2 is 1.83 bits per heavy atom. The fourth-order valence-electron chi connectivity index (χ4n) is 3.07. The maximum Gasteiger partial charge on any atom is 0.259 e. The summed E-state index contributed by atoms with van der Waals surface area (Å²) in [6, 6.07) is 13.7. The van der Waals surface area contributed by atoms with Gasteiger partial charge in [0.15, 0.2) is 0 Å². The molecule has 1 aliphatic rings. The maximum atomic E-state index is 12.8. The summed E-state index contributed by atoms with van der Waals surface area (Å²) in [6.45, 7) is 8.42. The van der Waals surface area contributed by atoms with E-state index in [-0.39, 0.29) is 12.0 Å². The quantitative estimate of drug-likeness (QED) is 0.871. The third kappa shape index (κ3) is 2.83. The second-order valence-corrected chi connectivity index (χ2v) is 6.53. The number of fused-ring (bicyclic) bond motifs is 1. The van der Waals surface area contributed by atoms with Crippen LogP contribution in [0.15, 0.2) is 42.5 Å². The van der Waals surface area contributed by atoms with Crippen molar-refractivity contribution >= 4 is 11.6 Å². The molecule has 1 aliphatic heterocycles. The van der Waals surface area contributed by atoms with Crippen LogP contribution in [0.25, 0.3) is 0 Å². The number of anilines is 1. The van der Waals surface area contributed by atoms with Gasteiger partial charge in [-0.2, -0.15) is 0 Å². The van der Waals surface area contributed by atoms with Crippen LogP contribution in [0.2, 0.25) is 0 Å². The molecular formula is C20H23NO2.